The maximum Gasteiger partial charge on any atom is 0.250 e. The Balaban J connectivity index is 1.87. The van der Waals surface area contributed by atoms with E-state index in [1.54, 1.807) is 0 Å². The summed E-state index contributed by atoms with van der Waals surface area (Å²) >= 11 is 0. The van der Waals surface area contributed by atoms with E-state index in [-0.39, 0.29) is 5.91 Å². The predicted octanol–water partition coefficient (Wildman–Crippen LogP) is 4.67. The number of benzene rings is 3. The molecule has 0 saturated carbocycles. The molecule has 0 aliphatic carbocycles. The highest BCUT2D eigenvalue weighted by molar-refractivity contribution is 6.04. The topological polar surface area (TPSA) is 41.6 Å². The second-order valence-corrected chi connectivity index (χ2v) is 7.87. The van der Waals surface area contributed by atoms with Gasteiger partial charge in [-0.2, -0.15) is 0 Å². The Kier molecular flexibility index (Phi) is 3.29. The Hall–Kier alpha value is -3.01. The molecular formula is C23H22N2O2. The molecule has 0 radical (unpaired) electrons. The minimum atomic E-state index is -0.659. The van der Waals surface area contributed by atoms with Crippen LogP contribution in [-0.2, 0) is 11.2 Å². The number of hydrazine groups is 1. The summed E-state index contributed by atoms with van der Waals surface area (Å²) in [4.78, 5) is 12.6. The zero-order valence-corrected chi connectivity index (χ0v) is 15.7. The standard InChI is InChI=1S/C23H22N2O2/c1-4-14-9-11-18-17(13-14)20-16-8-6-5-7-15(16)10-12-19(20)27-22-23(2,3)21(26)24-25(18)22/h5-13,22H,4H2,1-3H3,(H,24,26). The quantitative estimate of drug-likeness (QED) is 0.688. The smallest absolute Gasteiger partial charge is 0.250 e. The van der Waals surface area contributed by atoms with Crippen molar-refractivity contribution in [1.82, 2.24) is 5.43 Å². The van der Waals surface area contributed by atoms with E-state index in [0.717, 1.165) is 34.4 Å². The highest BCUT2D eigenvalue weighted by atomic mass is 16.5. The number of rotatable bonds is 1. The lowest BCUT2D eigenvalue weighted by Crippen LogP contribution is -2.44. The Morgan fingerprint density at radius 3 is 2.74 bits per heavy atom. The van der Waals surface area contributed by atoms with E-state index in [9.17, 15) is 4.79 Å². The number of nitrogens with zero attached hydrogens (tertiary/aromatic N) is 1. The first-order chi connectivity index (χ1) is 13.0. The number of anilines is 1. The third kappa shape index (κ3) is 2.19. The minimum absolute atomic E-state index is 0.0257. The molecule has 4 nitrogen and oxygen atoms in total. The van der Waals surface area contributed by atoms with Crippen molar-refractivity contribution in [3.05, 3.63) is 60.2 Å². The maximum atomic E-state index is 12.6. The maximum absolute atomic E-state index is 12.6. The molecule has 2 aliphatic rings. The number of hydrogen-bond acceptors (Lipinski definition) is 3. The third-order valence-electron chi connectivity index (χ3n) is 5.79. The van der Waals surface area contributed by atoms with E-state index in [1.807, 2.05) is 24.9 Å². The molecular weight excluding hydrogens is 336 g/mol. The number of amides is 1. The summed E-state index contributed by atoms with van der Waals surface area (Å²) in [6.07, 6.45) is 0.550. The number of ether oxygens (including phenoxy) is 1. The fraction of sp³-hybridized carbons (Fsp3) is 0.261. The molecule has 5 rings (SSSR count). The molecule has 27 heavy (non-hydrogen) atoms. The molecule has 1 unspecified atom stereocenters. The van der Waals surface area contributed by atoms with Crippen LogP contribution in [0.3, 0.4) is 0 Å². The number of fused-ring (bicyclic) bond motifs is 7. The molecule has 0 bridgehead atoms. The first-order valence-corrected chi connectivity index (χ1v) is 9.42. The Morgan fingerprint density at radius 1 is 1.11 bits per heavy atom. The van der Waals surface area contributed by atoms with Crippen LogP contribution in [0.25, 0.3) is 21.9 Å². The molecule has 4 heteroatoms. The lowest BCUT2D eigenvalue weighted by molar-refractivity contribution is -0.128. The summed E-state index contributed by atoms with van der Waals surface area (Å²) in [7, 11) is 0. The van der Waals surface area contributed by atoms with E-state index >= 15 is 0 Å². The lowest BCUT2D eigenvalue weighted by atomic mass is 9.91. The van der Waals surface area contributed by atoms with Crippen molar-refractivity contribution < 1.29 is 9.53 Å². The van der Waals surface area contributed by atoms with Crippen molar-refractivity contribution in [3.63, 3.8) is 0 Å². The second-order valence-electron chi connectivity index (χ2n) is 7.87. The van der Waals surface area contributed by atoms with Gasteiger partial charge in [-0.25, -0.2) is 5.01 Å². The van der Waals surface area contributed by atoms with Crippen LogP contribution in [0.2, 0.25) is 0 Å². The molecule has 3 aromatic rings. The van der Waals surface area contributed by atoms with E-state index < -0.39 is 11.6 Å². The fourth-order valence-electron chi connectivity index (χ4n) is 4.09. The molecule has 1 saturated heterocycles. The monoisotopic (exact) mass is 358 g/mol. The van der Waals surface area contributed by atoms with Gasteiger partial charge in [0.05, 0.1) is 5.69 Å². The van der Waals surface area contributed by atoms with Crippen LogP contribution in [0, 0.1) is 5.41 Å². The van der Waals surface area contributed by atoms with Gasteiger partial charge in [-0.3, -0.25) is 10.2 Å². The van der Waals surface area contributed by atoms with Gasteiger partial charge in [0.2, 0.25) is 12.1 Å². The van der Waals surface area contributed by atoms with Crippen LogP contribution in [-0.4, -0.2) is 12.1 Å². The minimum Gasteiger partial charge on any atom is -0.467 e. The summed E-state index contributed by atoms with van der Waals surface area (Å²) in [6, 6.07) is 18.9. The van der Waals surface area contributed by atoms with Gasteiger partial charge in [0, 0.05) is 11.1 Å². The van der Waals surface area contributed by atoms with Crippen molar-refractivity contribution in [2.24, 2.45) is 5.41 Å². The molecule has 136 valence electrons. The van der Waals surface area contributed by atoms with Crippen molar-refractivity contribution in [3.8, 4) is 16.9 Å². The van der Waals surface area contributed by atoms with E-state index in [2.05, 4.69) is 60.9 Å². The van der Waals surface area contributed by atoms with Gasteiger partial charge in [-0.15, -0.1) is 0 Å². The third-order valence-corrected chi connectivity index (χ3v) is 5.79. The molecule has 2 heterocycles. The zero-order chi connectivity index (χ0) is 18.8. The second kappa shape index (κ2) is 5.49. The number of carbonyl (C=O) groups is 1. The van der Waals surface area contributed by atoms with Crippen molar-refractivity contribution in [1.29, 1.82) is 0 Å². The molecule has 3 aromatic carbocycles. The average molecular weight is 358 g/mol. The van der Waals surface area contributed by atoms with Crippen LogP contribution in [0.4, 0.5) is 5.69 Å². The first-order valence-electron chi connectivity index (χ1n) is 9.42. The average Bonchev–Trinajstić information content (AvgIpc) is 2.82. The number of carbonyl (C=O) groups excluding carboxylic acids is 1. The van der Waals surface area contributed by atoms with Crippen LogP contribution >= 0.6 is 0 Å². The predicted molar refractivity (Wildman–Crippen MR) is 108 cm³/mol. The highest BCUT2D eigenvalue weighted by Crippen LogP contribution is 2.48. The van der Waals surface area contributed by atoms with Gasteiger partial charge in [-0.1, -0.05) is 43.3 Å². The zero-order valence-electron chi connectivity index (χ0n) is 15.7. The van der Waals surface area contributed by atoms with Crippen LogP contribution in [0.5, 0.6) is 5.75 Å². The van der Waals surface area contributed by atoms with Crippen molar-refractivity contribution in [2.75, 3.05) is 5.01 Å². The summed E-state index contributed by atoms with van der Waals surface area (Å²) in [6.45, 7) is 6.01. The highest BCUT2D eigenvalue weighted by Gasteiger charge is 2.51. The van der Waals surface area contributed by atoms with Gasteiger partial charge in [-0.05, 0) is 54.8 Å². The summed E-state index contributed by atoms with van der Waals surface area (Å²) in [5.41, 5.74) is 6.81. The number of hydrogen-bond donors (Lipinski definition) is 1. The van der Waals surface area contributed by atoms with Gasteiger partial charge in [0.15, 0.2) is 0 Å². The lowest BCUT2D eigenvalue weighted by Gasteiger charge is -2.29. The van der Waals surface area contributed by atoms with Crippen molar-refractivity contribution >= 4 is 22.4 Å². The Morgan fingerprint density at radius 2 is 1.93 bits per heavy atom. The van der Waals surface area contributed by atoms with Crippen LogP contribution in [0.15, 0.2) is 54.6 Å². The molecule has 1 amide bonds. The Labute approximate surface area is 158 Å². The summed E-state index contributed by atoms with van der Waals surface area (Å²) in [5, 5.41) is 4.24. The number of nitrogens with one attached hydrogen (secondary N) is 1. The van der Waals surface area contributed by atoms with Gasteiger partial charge in [0.25, 0.3) is 0 Å². The van der Waals surface area contributed by atoms with E-state index in [1.165, 1.54) is 10.9 Å². The van der Waals surface area contributed by atoms with Gasteiger partial charge >= 0.3 is 0 Å². The SMILES string of the molecule is CCc1ccc2c(c1)-c1c(ccc3ccccc13)OC1N2NC(=O)C1(C)C. The summed E-state index contributed by atoms with van der Waals surface area (Å²) in [5.74, 6) is 0.794. The molecule has 1 fully saturated rings. The molecule has 0 spiro atoms. The largest absolute Gasteiger partial charge is 0.467 e. The van der Waals surface area contributed by atoms with Crippen LogP contribution < -0.4 is 15.2 Å². The molecule has 0 aromatic heterocycles. The summed E-state index contributed by atoms with van der Waals surface area (Å²) < 4.78 is 6.47. The Bertz CT molecular complexity index is 1090. The van der Waals surface area contributed by atoms with E-state index in [0.29, 0.717) is 0 Å². The number of aryl methyl sites for hydroxylation is 1. The first kappa shape index (κ1) is 16.2. The normalized spacial score (nSPS) is 19.6. The van der Waals surface area contributed by atoms with Crippen LogP contribution in [0.1, 0.15) is 26.3 Å². The molecule has 2 aliphatic heterocycles. The molecule has 1 N–H and O–H groups in total. The fourth-order valence-corrected chi connectivity index (χ4v) is 4.09. The van der Waals surface area contributed by atoms with Gasteiger partial charge < -0.3 is 4.74 Å². The van der Waals surface area contributed by atoms with E-state index in [4.69, 9.17) is 4.74 Å². The van der Waals surface area contributed by atoms with Gasteiger partial charge in [0.1, 0.15) is 11.2 Å². The van der Waals surface area contributed by atoms with Crippen molar-refractivity contribution in [2.45, 2.75) is 33.4 Å². The molecule has 1 atom stereocenters.